The third-order valence-corrected chi connectivity index (χ3v) is 6.82. The average molecular weight is 510 g/mol. The lowest BCUT2D eigenvalue weighted by Gasteiger charge is -2.32. The van der Waals surface area contributed by atoms with Crippen LogP contribution in [0.1, 0.15) is 19.4 Å². The van der Waals surface area contributed by atoms with Crippen LogP contribution < -0.4 is 19.1 Å². The largest absolute Gasteiger partial charge is 0.486 e. The van der Waals surface area contributed by atoms with E-state index in [9.17, 15) is 18.0 Å². The Morgan fingerprint density at radius 1 is 1.12 bits per heavy atom. The lowest BCUT2D eigenvalue weighted by molar-refractivity contribution is -0.139. The molecule has 1 N–H and O–H groups in total. The molecule has 11 heteroatoms. The molecule has 0 saturated carbocycles. The molecule has 0 bridgehead atoms. The number of hydrogen-bond donors (Lipinski definition) is 1. The van der Waals surface area contributed by atoms with Gasteiger partial charge < -0.3 is 19.7 Å². The van der Waals surface area contributed by atoms with E-state index in [0.717, 1.165) is 10.6 Å². The number of anilines is 1. The number of carbonyl (C=O) groups is 2. The van der Waals surface area contributed by atoms with Crippen molar-refractivity contribution in [1.29, 1.82) is 0 Å². The van der Waals surface area contributed by atoms with Crippen LogP contribution in [0.25, 0.3) is 0 Å². The van der Waals surface area contributed by atoms with E-state index in [0.29, 0.717) is 41.8 Å². The fourth-order valence-electron chi connectivity index (χ4n) is 3.52. The molecule has 0 aliphatic carbocycles. The molecule has 184 valence electrons. The van der Waals surface area contributed by atoms with Gasteiger partial charge in [-0.3, -0.25) is 13.9 Å². The quantitative estimate of drug-likeness (QED) is 0.556. The van der Waals surface area contributed by atoms with Crippen molar-refractivity contribution in [1.82, 2.24) is 10.2 Å². The van der Waals surface area contributed by atoms with Crippen LogP contribution in [-0.4, -0.2) is 63.7 Å². The first-order valence-corrected chi connectivity index (χ1v) is 13.0. The molecule has 2 aromatic rings. The SMILES string of the molecule is CCNC(=O)[C@H](C)N(Cc1ccccc1Cl)C(=O)CN(c1ccc2c(c1)OCCO2)S(C)(=O)=O. The van der Waals surface area contributed by atoms with Gasteiger partial charge in [-0.15, -0.1) is 0 Å². The molecule has 0 aromatic heterocycles. The number of hydrogen-bond acceptors (Lipinski definition) is 6. The maximum atomic E-state index is 13.5. The van der Waals surface area contributed by atoms with Gasteiger partial charge in [0, 0.05) is 24.2 Å². The van der Waals surface area contributed by atoms with Crippen LogP contribution in [0.3, 0.4) is 0 Å². The Kier molecular flexibility index (Phi) is 8.27. The summed E-state index contributed by atoms with van der Waals surface area (Å²) in [4.78, 5) is 27.4. The van der Waals surface area contributed by atoms with E-state index in [4.69, 9.17) is 21.1 Å². The van der Waals surface area contributed by atoms with Gasteiger partial charge in [0.05, 0.1) is 11.9 Å². The van der Waals surface area contributed by atoms with E-state index in [1.165, 1.54) is 11.0 Å². The normalized spacial score (nSPS) is 13.6. The highest BCUT2D eigenvalue weighted by molar-refractivity contribution is 7.92. The molecule has 0 unspecified atom stereocenters. The van der Waals surface area contributed by atoms with Gasteiger partial charge in [0.25, 0.3) is 0 Å². The molecule has 0 fully saturated rings. The second kappa shape index (κ2) is 11.0. The minimum atomic E-state index is -3.85. The Balaban J connectivity index is 1.93. The van der Waals surface area contributed by atoms with Crippen LogP contribution in [0, 0.1) is 0 Å². The van der Waals surface area contributed by atoms with Gasteiger partial charge in [0.15, 0.2) is 11.5 Å². The van der Waals surface area contributed by atoms with E-state index >= 15 is 0 Å². The summed E-state index contributed by atoms with van der Waals surface area (Å²) >= 11 is 6.29. The number of nitrogens with zero attached hydrogens (tertiary/aromatic N) is 2. The standard InChI is InChI=1S/C23H28ClN3O6S/c1-4-25-23(29)16(2)26(14-17-7-5-6-8-19(17)24)22(28)15-27(34(3,30)31)18-9-10-20-21(13-18)33-12-11-32-20/h5-10,13,16H,4,11-12,14-15H2,1-3H3,(H,25,29)/t16-/m0/s1. The van der Waals surface area contributed by atoms with Crippen molar-refractivity contribution in [2.75, 3.05) is 36.9 Å². The molecule has 1 aliphatic rings. The number of likely N-dealkylation sites (N-methyl/N-ethyl adjacent to an activating group) is 1. The van der Waals surface area contributed by atoms with E-state index in [1.54, 1.807) is 50.2 Å². The topological polar surface area (TPSA) is 105 Å². The van der Waals surface area contributed by atoms with Gasteiger partial charge in [0.1, 0.15) is 25.8 Å². The van der Waals surface area contributed by atoms with E-state index < -0.39 is 28.5 Å². The highest BCUT2D eigenvalue weighted by Crippen LogP contribution is 2.34. The van der Waals surface area contributed by atoms with Crippen LogP contribution in [0.4, 0.5) is 5.69 Å². The zero-order valence-electron chi connectivity index (χ0n) is 19.3. The van der Waals surface area contributed by atoms with Crippen LogP contribution >= 0.6 is 11.6 Å². The Morgan fingerprint density at radius 3 is 2.44 bits per heavy atom. The molecule has 0 radical (unpaired) electrons. The number of fused-ring (bicyclic) bond motifs is 1. The highest BCUT2D eigenvalue weighted by atomic mass is 35.5. The van der Waals surface area contributed by atoms with Crippen molar-refractivity contribution < 1.29 is 27.5 Å². The zero-order chi connectivity index (χ0) is 24.9. The summed E-state index contributed by atoms with van der Waals surface area (Å²) in [6.07, 6.45) is 1.02. The van der Waals surface area contributed by atoms with E-state index in [-0.39, 0.29) is 18.1 Å². The van der Waals surface area contributed by atoms with Gasteiger partial charge in [-0.05, 0) is 37.6 Å². The maximum absolute atomic E-state index is 13.5. The first-order valence-electron chi connectivity index (χ1n) is 10.8. The van der Waals surface area contributed by atoms with Crippen molar-refractivity contribution in [3.63, 3.8) is 0 Å². The molecule has 34 heavy (non-hydrogen) atoms. The minimum absolute atomic E-state index is 0.0373. The van der Waals surface area contributed by atoms with Crippen molar-refractivity contribution >= 4 is 39.1 Å². The summed E-state index contributed by atoms with van der Waals surface area (Å²) in [5.41, 5.74) is 0.891. The molecule has 0 saturated heterocycles. The molecular formula is C23H28ClN3O6S. The third kappa shape index (κ3) is 6.12. The molecule has 9 nitrogen and oxygen atoms in total. The monoisotopic (exact) mass is 509 g/mol. The lowest BCUT2D eigenvalue weighted by atomic mass is 10.1. The molecular weight excluding hydrogens is 482 g/mol. The van der Waals surface area contributed by atoms with Gasteiger partial charge in [-0.25, -0.2) is 8.42 Å². The predicted molar refractivity (Wildman–Crippen MR) is 130 cm³/mol. The lowest BCUT2D eigenvalue weighted by Crippen LogP contribution is -2.51. The van der Waals surface area contributed by atoms with Crippen molar-refractivity contribution in [2.24, 2.45) is 0 Å². The number of sulfonamides is 1. The predicted octanol–water partition coefficient (Wildman–Crippen LogP) is 2.43. The van der Waals surface area contributed by atoms with Gasteiger partial charge in [-0.2, -0.15) is 0 Å². The van der Waals surface area contributed by atoms with Crippen LogP contribution in [0.15, 0.2) is 42.5 Å². The number of nitrogens with one attached hydrogen (secondary N) is 1. The summed E-state index contributed by atoms with van der Waals surface area (Å²) in [6.45, 7) is 4.03. The zero-order valence-corrected chi connectivity index (χ0v) is 20.9. The number of benzene rings is 2. The number of halogens is 1. The van der Waals surface area contributed by atoms with E-state index in [1.807, 2.05) is 0 Å². The summed E-state index contributed by atoms with van der Waals surface area (Å²) in [6, 6.07) is 10.8. The van der Waals surface area contributed by atoms with Crippen LogP contribution in [0.5, 0.6) is 11.5 Å². The maximum Gasteiger partial charge on any atom is 0.244 e. The molecule has 2 aromatic carbocycles. The summed E-state index contributed by atoms with van der Waals surface area (Å²) in [5.74, 6) is -0.0134. The number of amides is 2. The Bertz CT molecular complexity index is 1160. The molecule has 1 atom stereocenters. The number of rotatable bonds is 9. The molecule has 1 aliphatic heterocycles. The van der Waals surface area contributed by atoms with Crippen molar-refractivity contribution in [3.05, 3.63) is 53.1 Å². The summed E-state index contributed by atoms with van der Waals surface area (Å²) < 4.78 is 37.4. The van der Waals surface area contributed by atoms with Crippen LogP contribution in [-0.2, 0) is 26.2 Å². The molecule has 1 heterocycles. The van der Waals surface area contributed by atoms with Crippen molar-refractivity contribution in [2.45, 2.75) is 26.4 Å². The summed E-state index contributed by atoms with van der Waals surface area (Å²) in [5, 5.41) is 3.14. The first kappa shape index (κ1) is 25.6. The van der Waals surface area contributed by atoms with E-state index in [2.05, 4.69) is 5.32 Å². The molecule has 3 rings (SSSR count). The average Bonchev–Trinajstić information content (AvgIpc) is 2.80. The third-order valence-electron chi connectivity index (χ3n) is 5.31. The van der Waals surface area contributed by atoms with Gasteiger partial charge in [-0.1, -0.05) is 29.8 Å². The van der Waals surface area contributed by atoms with Crippen LogP contribution in [0.2, 0.25) is 5.02 Å². The minimum Gasteiger partial charge on any atom is -0.486 e. The highest BCUT2D eigenvalue weighted by Gasteiger charge is 2.30. The number of ether oxygens (including phenoxy) is 2. The fraction of sp³-hybridized carbons (Fsp3) is 0.391. The van der Waals surface area contributed by atoms with Crippen molar-refractivity contribution in [3.8, 4) is 11.5 Å². The number of carbonyl (C=O) groups excluding carboxylic acids is 2. The smallest absolute Gasteiger partial charge is 0.244 e. The molecule has 2 amide bonds. The molecule has 0 spiro atoms. The fourth-order valence-corrected chi connectivity index (χ4v) is 4.55. The Hall–Kier alpha value is -2.98. The second-order valence-corrected chi connectivity index (χ2v) is 10.1. The summed E-state index contributed by atoms with van der Waals surface area (Å²) in [7, 11) is -3.85. The van der Waals surface area contributed by atoms with Gasteiger partial charge >= 0.3 is 0 Å². The second-order valence-electron chi connectivity index (χ2n) is 7.78. The van der Waals surface area contributed by atoms with Gasteiger partial charge in [0.2, 0.25) is 21.8 Å². The Labute approximate surface area is 204 Å². The first-order chi connectivity index (χ1) is 16.1. The Morgan fingerprint density at radius 2 is 1.79 bits per heavy atom.